The molecule has 3 aromatic rings. The fourth-order valence-corrected chi connectivity index (χ4v) is 6.36. The summed E-state index contributed by atoms with van der Waals surface area (Å²) in [4.78, 5) is 27.3. The van der Waals surface area contributed by atoms with Gasteiger partial charge in [0.25, 0.3) is 0 Å². The Bertz CT molecular complexity index is 1270. The number of nitrogens with zero attached hydrogens (tertiary/aromatic N) is 3. The quantitative estimate of drug-likeness (QED) is 0.409. The van der Waals surface area contributed by atoms with E-state index in [-0.39, 0.29) is 29.6 Å². The van der Waals surface area contributed by atoms with Crippen molar-refractivity contribution in [1.29, 1.82) is 0 Å². The first-order valence-electron chi connectivity index (χ1n) is 10.0. The molecule has 1 aromatic carbocycles. The highest BCUT2D eigenvalue weighted by molar-refractivity contribution is 7.99. The molecule has 0 saturated carbocycles. The van der Waals surface area contributed by atoms with Crippen LogP contribution in [-0.4, -0.2) is 68.4 Å². The molecule has 4 rings (SSSR count). The molecule has 3 N–H and O–H groups in total. The first kappa shape index (κ1) is 22.3. The van der Waals surface area contributed by atoms with Gasteiger partial charge in [-0.1, -0.05) is 30.0 Å². The Kier molecular flexibility index (Phi) is 6.24. The maximum atomic E-state index is 12.4. The summed E-state index contributed by atoms with van der Waals surface area (Å²) in [5, 5.41) is 21.7. The predicted octanol–water partition coefficient (Wildman–Crippen LogP) is 1.10. The molecular formula is C20H23N5O5S2. The monoisotopic (exact) mass is 477 g/mol. The van der Waals surface area contributed by atoms with E-state index in [2.05, 4.69) is 20.5 Å². The summed E-state index contributed by atoms with van der Waals surface area (Å²) in [7, 11) is -1.31. The third kappa shape index (κ3) is 4.80. The van der Waals surface area contributed by atoms with Gasteiger partial charge in [-0.25, -0.2) is 13.2 Å². The number of hydrogen-bond donors (Lipinski definition) is 3. The molecule has 1 aliphatic rings. The number of fused-ring (bicyclic) bond motifs is 1. The van der Waals surface area contributed by atoms with Gasteiger partial charge >= 0.3 is 5.97 Å². The summed E-state index contributed by atoms with van der Waals surface area (Å²) < 4.78 is 25.1. The van der Waals surface area contributed by atoms with Crippen LogP contribution in [0.3, 0.4) is 0 Å². The molecule has 1 fully saturated rings. The summed E-state index contributed by atoms with van der Waals surface area (Å²) in [6.45, 7) is 0. The first-order valence-corrected chi connectivity index (χ1v) is 12.8. The maximum Gasteiger partial charge on any atom is 0.326 e. The molecular weight excluding hydrogens is 454 g/mol. The Hall–Kier alpha value is -2.86. The van der Waals surface area contributed by atoms with Gasteiger partial charge < -0.3 is 20.0 Å². The maximum absolute atomic E-state index is 12.4. The highest BCUT2D eigenvalue weighted by Crippen LogP contribution is 2.29. The Morgan fingerprint density at radius 1 is 1.34 bits per heavy atom. The number of hydrogen-bond acceptors (Lipinski definition) is 7. The number of carbonyl (C=O) groups excluding carboxylic acids is 1. The van der Waals surface area contributed by atoms with Gasteiger partial charge in [0.2, 0.25) is 5.91 Å². The number of nitrogens with one attached hydrogen (secondary N) is 2. The summed E-state index contributed by atoms with van der Waals surface area (Å²) in [6, 6.07) is 6.50. The number of carbonyl (C=O) groups is 2. The van der Waals surface area contributed by atoms with Crippen molar-refractivity contribution in [3.8, 4) is 0 Å². The molecule has 2 atom stereocenters. The van der Waals surface area contributed by atoms with Crippen LogP contribution in [0.25, 0.3) is 10.9 Å². The fraction of sp³-hybridized carbons (Fsp3) is 0.400. The number of thioether (sulfide) groups is 1. The second-order valence-corrected chi connectivity index (χ2v) is 11.0. The third-order valence-corrected chi connectivity index (χ3v) is 8.32. The van der Waals surface area contributed by atoms with Crippen molar-refractivity contribution in [1.82, 2.24) is 25.1 Å². The highest BCUT2D eigenvalue weighted by Gasteiger charge is 2.32. The summed E-state index contributed by atoms with van der Waals surface area (Å²) in [5.41, 5.74) is 1.71. The van der Waals surface area contributed by atoms with Gasteiger partial charge in [-0.3, -0.25) is 4.79 Å². The van der Waals surface area contributed by atoms with Gasteiger partial charge in [-0.2, -0.15) is 0 Å². The smallest absolute Gasteiger partial charge is 0.326 e. The number of rotatable bonds is 8. The van der Waals surface area contributed by atoms with Crippen LogP contribution in [0, 0.1) is 0 Å². The van der Waals surface area contributed by atoms with E-state index in [4.69, 9.17) is 0 Å². The minimum atomic E-state index is -3.04. The Morgan fingerprint density at radius 3 is 2.84 bits per heavy atom. The van der Waals surface area contributed by atoms with Crippen molar-refractivity contribution in [2.45, 2.75) is 30.0 Å². The molecule has 0 radical (unpaired) electrons. The second kappa shape index (κ2) is 8.94. The lowest BCUT2D eigenvalue weighted by Crippen LogP contribution is -2.43. The number of aromatic nitrogens is 4. The lowest BCUT2D eigenvalue weighted by molar-refractivity contribution is -0.141. The average molecular weight is 478 g/mol. The zero-order valence-corrected chi connectivity index (χ0v) is 18.9. The Morgan fingerprint density at radius 2 is 2.12 bits per heavy atom. The van der Waals surface area contributed by atoms with Crippen LogP contribution in [0.1, 0.15) is 23.7 Å². The molecule has 0 bridgehead atoms. The first-order chi connectivity index (χ1) is 15.2. The summed E-state index contributed by atoms with van der Waals surface area (Å²) in [6.07, 6.45) is 2.42. The standard InChI is InChI=1S/C20H23N5O5S2/c1-25-18(12-6-7-32(29,30)11-12)23-24-20(25)31-10-17(26)22-16(19(27)28)8-13-9-21-15-5-3-2-4-14(13)15/h2-5,9,12,16,21H,6-8,10-11H2,1H3,(H,22,26)(H,27,28)/t12-,16+/m1/s1. The van der Waals surface area contributed by atoms with Crippen LogP contribution in [0.5, 0.6) is 0 Å². The number of aliphatic carboxylic acids is 1. The molecule has 3 heterocycles. The normalized spacial score (nSPS) is 18.6. The molecule has 170 valence electrons. The van der Waals surface area contributed by atoms with Crippen LogP contribution in [0.4, 0.5) is 0 Å². The fourth-order valence-electron chi connectivity index (χ4n) is 3.89. The van der Waals surface area contributed by atoms with Gasteiger partial charge in [-0.15, -0.1) is 10.2 Å². The predicted molar refractivity (Wildman–Crippen MR) is 119 cm³/mol. The second-order valence-electron chi connectivity index (χ2n) is 7.81. The number of carboxylic acid groups (broad SMARTS) is 1. The summed E-state index contributed by atoms with van der Waals surface area (Å²) >= 11 is 1.13. The van der Waals surface area contributed by atoms with Crippen molar-refractivity contribution < 1.29 is 23.1 Å². The number of benzene rings is 1. The third-order valence-electron chi connectivity index (χ3n) is 5.53. The number of sulfone groups is 1. The average Bonchev–Trinajstić information content (AvgIpc) is 3.43. The lowest BCUT2D eigenvalue weighted by Gasteiger charge is -2.14. The molecule has 10 nitrogen and oxygen atoms in total. The van der Waals surface area contributed by atoms with E-state index in [1.54, 1.807) is 17.8 Å². The minimum Gasteiger partial charge on any atom is -0.480 e. The molecule has 0 spiro atoms. The molecule has 1 aliphatic heterocycles. The van der Waals surface area contributed by atoms with Crippen LogP contribution < -0.4 is 5.32 Å². The Balaban J connectivity index is 1.37. The zero-order valence-electron chi connectivity index (χ0n) is 17.3. The SMILES string of the molecule is Cn1c(SCC(=O)N[C@@H](Cc2c[nH]c3ccccc23)C(=O)O)nnc1[C@@H]1CCS(=O)(=O)C1. The summed E-state index contributed by atoms with van der Waals surface area (Å²) in [5.74, 6) is -1.01. The van der Waals surface area contributed by atoms with E-state index >= 15 is 0 Å². The topological polar surface area (TPSA) is 147 Å². The number of amides is 1. The van der Waals surface area contributed by atoms with Crippen molar-refractivity contribution in [3.05, 3.63) is 41.9 Å². The number of carboxylic acids is 1. The van der Waals surface area contributed by atoms with Gasteiger partial charge in [0, 0.05) is 36.5 Å². The van der Waals surface area contributed by atoms with Crippen LogP contribution in [0.2, 0.25) is 0 Å². The number of H-pyrrole nitrogens is 1. The molecule has 12 heteroatoms. The molecule has 0 aliphatic carbocycles. The van der Waals surface area contributed by atoms with Crippen LogP contribution >= 0.6 is 11.8 Å². The molecule has 32 heavy (non-hydrogen) atoms. The van der Waals surface area contributed by atoms with Gasteiger partial charge in [-0.05, 0) is 18.1 Å². The van der Waals surface area contributed by atoms with Crippen molar-refractivity contribution in [2.75, 3.05) is 17.3 Å². The molecule has 1 amide bonds. The van der Waals surface area contributed by atoms with Crippen LogP contribution in [0.15, 0.2) is 35.6 Å². The highest BCUT2D eigenvalue weighted by atomic mass is 32.2. The van der Waals surface area contributed by atoms with E-state index in [1.807, 2.05) is 24.3 Å². The lowest BCUT2D eigenvalue weighted by atomic mass is 10.1. The number of aromatic amines is 1. The van der Waals surface area contributed by atoms with Gasteiger partial charge in [0.15, 0.2) is 15.0 Å². The van der Waals surface area contributed by atoms with Gasteiger partial charge in [0.05, 0.1) is 17.3 Å². The van der Waals surface area contributed by atoms with E-state index in [1.165, 1.54) is 0 Å². The van der Waals surface area contributed by atoms with E-state index in [0.29, 0.717) is 17.4 Å². The number of para-hydroxylation sites is 1. The van der Waals surface area contributed by atoms with E-state index in [0.717, 1.165) is 28.2 Å². The van der Waals surface area contributed by atoms with Crippen LogP contribution in [-0.2, 0) is 32.9 Å². The molecule has 0 unspecified atom stereocenters. The largest absolute Gasteiger partial charge is 0.480 e. The van der Waals surface area contributed by atoms with Crippen molar-refractivity contribution in [2.24, 2.45) is 7.05 Å². The van der Waals surface area contributed by atoms with Gasteiger partial charge in [0.1, 0.15) is 11.9 Å². The van der Waals surface area contributed by atoms with E-state index < -0.39 is 27.8 Å². The molecule has 2 aromatic heterocycles. The van der Waals surface area contributed by atoms with Crippen molar-refractivity contribution in [3.63, 3.8) is 0 Å². The Labute approximate surface area is 188 Å². The molecule has 1 saturated heterocycles. The van der Waals surface area contributed by atoms with E-state index in [9.17, 15) is 23.1 Å². The van der Waals surface area contributed by atoms with Crippen molar-refractivity contribution >= 4 is 44.4 Å². The zero-order chi connectivity index (χ0) is 22.9. The minimum absolute atomic E-state index is 0.0351.